The Bertz CT molecular complexity index is 641. The van der Waals surface area contributed by atoms with Gasteiger partial charge in [0, 0.05) is 11.6 Å². The van der Waals surface area contributed by atoms with Crippen molar-refractivity contribution >= 4 is 11.6 Å². The fraction of sp³-hybridized carbons (Fsp3) is 0.438. The molecule has 0 aliphatic heterocycles. The minimum Gasteiger partial charge on any atom is -0.356 e. The third-order valence-electron chi connectivity index (χ3n) is 3.77. The molecular weight excluding hydrogens is 312 g/mol. The first kappa shape index (κ1) is 16.9. The molecule has 0 saturated carbocycles. The molecule has 0 saturated heterocycles. The SMILES string of the molecule is CCC(C)(C)C(F)(F)OCc1cc(-c2ccccc2Cl)on1. The van der Waals surface area contributed by atoms with Crippen molar-refractivity contribution in [2.24, 2.45) is 5.41 Å². The van der Waals surface area contributed by atoms with E-state index in [2.05, 4.69) is 5.16 Å². The Labute approximate surface area is 133 Å². The molecule has 2 rings (SSSR count). The van der Waals surface area contributed by atoms with Crippen LogP contribution in [0.15, 0.2) is 34.9 Å². The van der Waals surface area contributed by atoms with Crippen LogP contribution < -0.4 is 0 Å². The number of ether oxygens (including phenoxy) is 1. The zero-order chi connectivity index (χ0) is 16.4. The minimum absolute atomic E-state index is 0.293. The highest BCUT2D eigenvalue weighted by Gasteiger charge is 2.46. The zero-order valence-corrected chi connectivity index (χ0v) is 13.5. The standard InChI is InChI=1S/C16H18ClF2NO2/c1-4-15(2,3)16(18,19)21-10-11-9-14(22-20-11)12-7-5-6-8-13(12)17/h5-9H,4,10H2,1-3H3. The first-order valence-electron chi connectivity index (χ1n) is 6.99. The van der Waals surface area contributed by atoms with Crippen LogP contribution >= 0.6 is 11.6 Å². The first-order chi connectivity index (χ1) is 10.3. The highest BCUT2D eigenvalue weighted by atomic mass is 35.5. The van der Waals surface area contributed by atoms with Crippen LogP contribution in [0.1, 0.15) is 32.9 Å². The number of hydrogen-bond donors (Lipinski definition) is 0. The van der Waals surface area contributed by atoms with E-state index >= 15 is 0 Å². The molecule has 1 aromatic heterocycles. The summed E-state index contributed by atoms with van der Waals surface area (Å²) in [6, 6.07) is 8.63. The van der Waals surface area contributed by atoms with E-state index in [9.17, 15) is 8.78 Å². The minimum atomic E-state index is -3.24. The van der Waals surface area contributed by atoms with Gasteiger partial charge in [-0.05, 0) is 18.6 Å². The second-order valence-electron chi connectivity index (χ2n) is 5.71. The number of halogens is 3. The summed E-state index contributed by atoms with van der Waals surface area (Å²) in [5.74, 6) is 0.419. The van der Waals surface area contributed by atoms with E-state index in [-0.39, 0.29) is 6.61 Å². The maximum Gasteiger partial charge on any atom is 0.361 e. The summed E-state index contributed by atoms with van der Waals surface area (Å²) >= 11 is 6.06. The summed E-state index contributed by atoms with van der Waals surface area (Å²) < 4.78 is 37.9. The Morgan fingerprint density at radius 1 is 1.27 bits per heavy atom. The zero-order valence-electron chi connectivity index (χ0n) is 12.7. The van der Waals surface area contributed by atoms with Gasteiger partial charge in [-0.2, -0.15) is 8.78 Å². The summed E-state index contributed by atoms with van der Waals surface area (Å²) in [4.78, 5) is 0. The number of hydrogen-bond acceptors (Lipinski definition) is 3. The topological polar surface area (TPSA) is 35.3 Å². The fourth-order valence-electron chi connectivity index (χ4n) is 1.73. The molecule has 120 valence electrons. The van der Waals surface area contributed by atoms with Gasteiger partial charge < -0.3 is 9.26 Å². The molecule has 0 atom stereocenters. The number of nitrogens with zero attached hydrogens (tertiary/aromatic N) is 1. The third-order valence-corrected chi connectivity index (χ3v) is 4.10. The molecule has 22 heavy (non-hydrogen) atoms. The van der Waals surface area contributed by atoms with Crippen LogP contribution in [0.4, 0.5) is 8.78 Å². The molecule has 0 radical (unpaired) electrons. The van der Waals surface area contributed by atoms with Crippen LogP contribution in [0.25, 0.3) is 11.3 Å². The third kappa shape index (κ3) is 3.47. The smallest absolute Gasteiger partial charge is 0.356 e. The van der Waals surface area contributed by atoms with Crippen LogP contribution in [0.3, 0.4) is 0 Å². The molecule has 0 amide bonds. The highest BCUT2D eigenvalue weighted by molar-refractivity contribution is 6.33. The van der Waals surface area contributed by atoms with E-state index < -0.39 is 11.5 Å². The Hall–Kier alpha value is -1.46. The lowest BCUT2D eigenvalue weighted by Crippen LogP contribution is -2.38. The Morgan fingerprint density at radius 2 is 1.95 bits per heavy atom. The van der Waals surface area contributed by atoms with E-state index in [0.717, 1.165) is 0 Å². The predicted molar refractivity (Wildman–Crippen MR) is 80.8 cm³/mol. The van der Waals surface area contributed by atoms with Gasteiger partial charge in [-0.15, -0.1) is 0 Å². The molecule has 0 aliphatic rings. The van der Waals surface area contributed by atoms with Crippen molar-refractivity contribution in [3.63, 3.8) is 0 Å². The molecule has 0 aliphatic carbocycles. The van der Waals surface area contributed by atoms with Gasteiger partial charge in [0.1, 0.15) is 5.69 Å². The number of rotatable bonds is 6. The first-order valence-corrected chi connectivity index (χ1v) is 7.37. The number of alkyl halides is 2. The molecule has 3 nitrogen and oxygen atoms in total. The normalized spacial score (nSPS) is 12.6. The van der Waals surface area contributed by atoms with Crippen molar-refractivity contribution in [2.75, 3.05) is 0 Å². The Kier molecular flexibility index (Phi) is 4.87. The molecular formula is C16H18ClF2NO2. The molecule has 0 spiro atoms. The lowest BCUT2D eigenvalue weighted by atomic mass is 9.89. The van der Waals surface area contributed by atoms with E-state index in [1.807, 2.05) is 0 Å². The van der Waals surface area contributed by atoms with E-state index in [1.54, 1.807) is 37.3 Å². The quantitative estimate of drug-likeness (QED) is 0.698. The van der Waals surface area contributed by atoms with Crippen LogP contribution in [0, 0.1) is 5.41 Å². The largest absolute Gasteiger partial charge is 0.361 e. The maximum absolute atomic E-state index is 14.0. The van der Waals surface area contributed by atoms with E-state index in [1.165, 1.54) is 13.8 Å². The molecule has 1 heterocycles. The molecule has 0 fully saturated rings. The van der Waals surface area contributed by atoms with Gasteiger partial charge >= 0.3 is 6.11 Å². The van der Waals surface area contributed by atoms with Gasteiger partial charge in [-0.25, -0.2) is 0 Å². The lowest BCUT2D eigenvalue weighted by molar-refractivity contribution is -0.306. The monoisotopic (exact) mass is 329 g/mol. The van der Waals surface area contributed by atoms with Crippen LogP contribution in [0.5, 0.6) is 0 Å². The van der Waals surface area contributed by atoms with Gasteiger partial charge in [0.05, 0.1) is 17.0 Å². The van der Waals surface area contributed by atoms with E-state index in [4.69, 9.17) is 20.9 Å². The van der Waals surface area contributed by atoms with E-state index in [0.29, 0.717) is 28.5 Å². The maximum atomic E-state index is 14.0. The van der Waals surface area contributed by atoms with Crippen molar-refractivity contribution in [3.05, 3.63) is 41.0 Å². The molecule has 6 heteroatoms. The summed E-state index contributed by atoms with van der Waals surface area (Å²) in [7, 11) is 0. The van der Waals surface area contributed by atoms with Gasteiger partial charge in [-0.3, -0.25) is 0 Å². The average molecular weight is 330 g/mol. The Balaban J connectivity index is 2.09. The van der Waals surface area contributed by atoms with Crippen molar-refractivity contribution in [1.29, 1.82) is 0 Å². The van der Waals surface area contributed by atoms with Crippen LogP contribution in [0.2, 0.25) is 5.02 Å². The van der Waals surface area contributed by atoms with Crippen LogP contribution in [-0.4, -0.2) is 11.3 Å². The molecule has 1 aromatic carbocycles. The molecule has 2 aromatic rings. The molecule has 0 N–H and O–H groups in total. The summed E-state index contributed by atoms with van der Waals surface area (Å²) in [6.45, 7) is 4.29. The van der Waals surface area contributed by atoms with Crippen molar-refractivity contribution in [2.45, 2.75) is 39.9 Å². The van der Waals surface area contributed by atoms with Gasteiger partial charge in [0.25, 0.3) is 0 Å². The molecule has 0 bridgehead atoms. The predicted octanol–water partition coefficient (Wildman–Crippen LogP) is 5.54. The van der Waals surface area contributed by atoms with Crippen LogP contribution in [-0.2, 0) is 11.3 Å². The second kappa shape index (κ2) is 6.34. The lowest BCUT2D eigenvalue weighted by Gasteiger charge is -2.32. The Morgan fingerprint density at radius 3 is 2.59 bits per heavy atom. The van der Waals surface area contributed by atoms with Crippen molar-refractivity contribution < 1.29 is 18.0 Å². The number of benzene rings is 1. The number of aromatic nitrogens is 1. The van der Waals surface area contributed by atoms with Gasteiger partial charge in [0.2, 0.25) is 0 Å². The fourth-order valence-corrected chi connectivity index (χ4v) is 1.96. The van der Waals surface area contributed by atoms with Gasteiger partial charge in [0.15, 0.2) is 5.76 Å². The van der Waals surface area contributed by atoms with Crippen molar-refractivity contribution in [3.8, 4) is 11.3 Å². The summed E-state index contributed by atoms with van der Waals surface area (Å²) in [5.41, 5.74) is -0.299. The second-order valence-corrected chi connectivity index (χ2v) is 6.11. The van der Waals surface area contributed by atoms with Crippen molar-refractivity contribution in [1.82, 2.24) is 5.16 Å². The summed E-state index contributed by atoms with van der Waals surface area (Å²) in [6.07, 6.45) is -2.95. The summed E-state index contributed by atoms with van der Waals surface area (Å²) in [5, 5.41) is 4.26. The molecule has 0 unspecified atom stereocenters. The highest BCUT2D eigenvalue weighted by Crippen LogP contribution is 2.40. The average Bonchev–Trinajstić information content (AvgIpc) is 2.94. The van der Waals surface area contributed by atoms with Gasteiger partial charge in [-0.1, -0.05) is 49.7 Å².